The van der Waals surface area contributed by atoms with Crippen molar-refractivity contribution in [2.75, 3.05) is 13.2 Å². The first-order valence-electron chi connectivity index (χ1n) is 9.90. The van der Waals surface area contributed by atoms with Crippen LogP contribution in [0, 0.1) is 0 Å². The minimum Gasteiger partial charge on any atom is -0.504 e. The number of phenols is 4. The van der Waals surface area contributed by atoms with Crippen molar-refractivity contribution < 1.29 is 49.4 Å². The number of hydrogen-bond donors (Lipinski definition) is 6. The Morgan fingerprint density at radius 1 is 1.03 bits per heavy atom. The molecule has 11 heteroatoms. The third-order valence-corrected chi connectivity index (χ3v) is 5.35. The molecule has 1 aliphatic rings. The lowest BCUT2D eigenvalue weighted by Crippen LogP contribution is -2.23. The molecule has 34 heavy (non-hydrogen) atoms. The molecule has 1 unspecified atom stereocenters. The van der Waals surface area contributed by atoms with Crippen molar-refractivity contribution in [3.8, 4) is 23.0 Å². The average molecular weight is 470 g/mol. The highest BCUT2D eigenvalue weighted by Crippen LogP contribution is 2.37. The zero-order chi connectivity index (χ0) is 24.7. The van der Waals surface area contributed by atoms with E-state index < -0.39 is 70.4 Å². The maximum Gasteiger partial charge on any atom is 0.343 e. The number of hydrogen-bond acceptors (Lipinski definition) is 11. The van der Waals surface area contributed by atoms with Gasteiger partial charge in [0.15, 0.2) is 28.8 Å². The fraction of sp³-hybridized carbons (Fsp3) is 0.174. The fourth-order valence-corrected chi connectivity index (χ4v) is 3.63. The Bertz CT molecular complexity index is 1430. The third-order valence-electron chi connectivity index (χ3n) is 5.35. The van der Waals surface area contributed by atoms with E-state index in [0.717, 1.165) is 18.4 Å². The van der Waals surface area contributed by atoms with Gasteiger partial charge < -0.3 is 39.8 Å². The van der Waals surface area contributed by atoms with Crippen LogP contribution in [0.5, 0.6) is 23.0 Å². The van der Waals surface area contributed by atoms with E-state index in [1.807, 2.05) is 0 Å². The molecule has 11 nitrogen and oxygen atoms in total. The summed E-state index contributed by atoms with van der Waals surface area (Å²) in [6.45, 7) is -1.37. The van der Waals surface area contributed by atoms with Gasteiger partial charge in [-0.25, -0.2) is 4.79 Å². The van der Waals surface area contributed by atoms with Gasteiger partial charge in [-0.05, 0) is 24.1 Å². The van der Waals surface area contributed by atoms with Crippen LogP contribution in [0.15, 0.2) is 39.7 Å². The number of carbonyl (C=O) groups excluding carboxylic acids is 2. The molecule has 0 saturated carbocycles. The molecule has 1 aromatic heterocycles. The van der Waals surface area contributed by atoms with Crippen LogP contribution in [0.4, 0.5) is 0 Å². The van der Waals surface area contributed by atoms with Crippen molar-refractivity contribution in [2.24, 2.45) is 0 Å². The summed E-state index contributed by atoms with van der Waals surface area (Å²) in [7, 11) is 0. The van der Waals surface area contributed by atoms with Gasteiger partial charge in [0.2, 0.25) is 5.43 Å². The number of rotatable bonds is 5. The smallest absolute Gasteiger partial charge is 0.343 e. The predicted molar refractivity (Wildman–Crippen MR) is 115 cm³/mol. The first kappa shape index (κ1) is 22.8. The highest BCUT2D eigenvalue weighted by molar-refractivity contribution is 6.30. The second-order valence-corrected chi connectivity index (χ2v) is 7.55. The van der Waals surface area contributed by atoms with Gasteiger partial charge in [0.25, 0.3) is 0 Å². The van der Waals surface area contributed by atoms with Crippen LogP contribution in [0.2, 0.25) is 0 Å². The number of carbonyl (C=O) groups is 2. The van der Waals surface area contributed by atoms with E-state index in [-0.39, 0.29) is 28.7 Å². The molecule has 0 aliphatic heterocycles. The van der Waals surface area contributed by atoms with Crippen molar-refractivity contribution in [1.82, 2.24) is 0 Å². The molecular formula is C23H18O11. The van der Waals surface area contributed by atoms with Crippen LogP contribution in [0.3, 0.4) is 0 Å². The Balaban J connectivity index is 1.86. The second kappa shape index (κ2) is 8.54. The Labute approximate surface area is 190 Å². The van der Waals surface area contributed by atoms with Crippen molar-refractivity contribution in [1.29, 1.82) is 0 Å². The van der Waals surface area contributed by atoms with Crippen molar-refractivity contribution in [2.45, 2.75) is 12.5 Å². The summed E-state index contributed by atoms with van der Waals surface area (Å²) < 4.78 is 10.2. The van der Waals surface area contributed by atoms with Gasteiger partial charge in [-0.15, -0.1) is 0 Å². The average Bonchev–Trinajstić information content (AvgIpc) is 2.81. The minimum atomic E-state index is -1.41. The normalized spacial score (nSPS) is 13.9. The highest BCUT2D eigenvalue weighted by atomic mass is 16.5. The van der Waals surface area contributed by atoms with Gasteiger partial charge in [-0.1, -0.05) is 6.08 Å². The summed E-state index contributed by atoms with van der Waals surface area (Å²) in [4.78, 5) is 39.0. The van der Waals surface area contributed by atoms with Crippen molar-refractivity contribution in [3.05, 3.63) is 63.0 Å². The lowest BCUT2D eigenvalue weighted by molar-refractivity contribution is 0.00924. The molecule has 6 N–H and O–H groups in total. The van der Waals surface area contributed by atoms with Crippen LogP contribution in [-0.4, -0.2) is 61.7 Å². The number of aromatic hydroxyl groups is 4. The molecule has 0 radical (unpaired) electrons. The van der Waals surface area contributed by atoms with Gasteiger partial charge in [-0.2, -0.15) is 0 Å². The molecule has 4 rings (SSSR count). The summed E-state index contributed by atoms with van der Waals surface area (Å²) in [6.07, 6.45) is 1.09. The molecule has 0 spiro atoms. The molecule has 2 aromatic carbocycles. The maximum absolute atomic E-state index is 13.4. The minimum absolute atomic E-state index is 0.0541. The first-order valence-corrected chi connectivity index (χ1v) is 9.90. The zero-order valence-electron chi connectivity index (χ0n) is 17.3. The SMILES string of the molecule is O=C1C(c2coc3cc(O)c(O)c(C(=O)OCC(O)CO)c3c2=O)=CCc2cc(O)c(O)cc21. The van der Waals surface area contributed by atoms with Gasteiger partial charge in [-0.3, -0.25) is 9.59 Å². The molecule has 1 atom stereocenters. The molecule has 176 valence electrons. The van der Waals surface area contributed by atoms with Crippen LogP contribution in [-0.2, 0) is 11.2 Å². The summed E-state index contributed by atoms with van der Waals surface area (Å²) in [6, 6.07) is 3.21. The second-order valence-electron chi connectivity index (χ2n) is 7.55. The van der Waals surface area contributed by atoms with Crippen LogP contribution in [0.25, 0.3) is 16.5 Å². The monoisotopic (exact) mass is 470 g/mol. The van der Waals surface area contributed by atoms with Crippen LogP contribution in [0.1, 0.15) is 31.8 Å². The fourth-order valence-electron chi connectivity index (χ4n) is 3.63. The van der Waals surface area contributed by atoms with Gasteiger partial charge in [0.05, 0.1) is 17.6 Å². The van der Waals surface area contributed by atoms with E-state index in [2.05, 4.69) is 0 Å². The number of allylic oxidation sites excluding steroid dienone is 2. The van der Waals surface area contributed by atoms with E-state index in [0.29, 0.717) is 5.56 Å². The van der Waals surface area contributed by atoms with E-state index >= 15 is 0 Å². The molecule has 0 bridgehead atoms. The molecule has 0 fully saturated rings. The number of Topliss-reactive ketones (excluding diaryl/α,β-unsaturated/α-hetero) is 1. The quantitative estimate of drug-likeness (QED) is 0.229. The number of ether oxygens (including phenoxy) is 1. The van der Waals surface area contributed by atoms with Gasteiger partial charge in [0, 0.05) is 17.2 Å². The number of aliphatic hydroxyl groups is 2. The van der Waals surface area contributed by atoms with Crippen LogP contribution >= 0.6 is 0 Å². The van der Waals surface area contributed by atoms with Crippen molar-refractivity contribution in [3.63, 3.8) is 0 Å². The summed E-state index contributed by atoms with van der Waals surface area (Å²) in [5, 5.41) is 57.5. The van der Waals surface area contributed by atoms with E-state index in [9.17, 15) is 39.9 Å². The van der Waals surface area contributed by atoms with Gasteiger partial charge in [0.1, 0.15) is 30.1 Å². The summed E-state index contributed by atoms with van der Waals surface area (Å²) in [5.41, 5.74) is -1.81. The van der Waals surface area contributed by atoms with Crippen molar-refractivity contribution >= 4 is 28.3 Å². The highest BCUT2D eigenvalue weighted by Gasteiger charge is 2.29. The summed E-state index contributed by atoms with van der Waals surface area (Å²) in [5.74, 6) is -4.62. The molecule has 1 heterocycles. The third kappa shape index (κ3) is 3.72. The molecular weight excluding hydrogens is 452 g/mol. The van der Waals surface area contributed by atoms with Crippen LogP contribution < -0.4 is 5.43 Å². The Kier molecular flexibility index (Phi) is 5.73. The lowest BCUT2D eigenvalue weighted by atomic mass is 9.86. The lowest BCUT2D eigenvalue weighted by Gasteiger charge is -2.17. The number of ketones is 1. The predicted octanol–water partition coefficient (Wildman–Crippen LogP) is 0.948. The number of benzene rings is 2. The van der Waals surface area contributed by atoms with Gasteiger partial charge >= 0.3 is 5.97 Å². The zero-order valence-corrected chi connectivity index (χ0v) is 17.3. The number of aliphatic hydroxyl groups excluding tert-OH is 2. The number of fused-ring (bicyclic) bond motifs is 2. The molecule has 3 aromatic rings. The first-order chi connectivity index (χ1) is 16.1. The standard InChI is InChI=1S/C23H18O11/c24-6-10(25)7-34-23(32)19-18-17(5-16(28)22(19)31)33-8-13(21(18)30)11-2-1-9-3-14(26)15(27)4-12(9)20(11)29/h2-5,8,10,24-28,31H,1,6-7H2. The largest absolute Gasteiger partial charge is 0.504 e. The Morgan fingerprint density at radius 2 is 1.74 bits per heavy atom. The molecule has 0 saturated heterocycles. The summed E-state index contributed by atoms with van der Waals surface area (Å²) >= 11 is 0. The number of esters is 1. The number of phenolic OH excluding ortho intramolecular Hbond substituents is 4. The molecule has 0 amide bonds. The van der Waals surface area contributed by atoms with E-state index in [4.69, 9.17) is 14.3 Å². The van der Waals surface area contributed by atoms with E-state index in [1.165, 1.54) is 12.1 Å². The maximum atomic E-state index is 13.4. The Hall–Kier alpha value is -4.35. The Morgan fingerprint density at radius 3 is 2.44 bits per heavy atom. The molecule has 1 aliphatic carbocycles. The van der Waals surface area contributed by atoms with E-state index in [1.54, 1.807) is 0 Å². The topological polar surface area (TPSA) is 195 Å².